The van der Waals surface area contributed by atoms with Crippen molar-refractivity contribution in [1.82, 2.24) is 9.97 Å². The maximum absolute atomic E-state index is 13.7. The first kappa shape index (κ1) is 16.4. The molecule has 24 heavy (non-hydrogen) atoms. The van der Waals surface area contributed by atoms with E-state index in [-0.39, 0.29) is 11.6 Å². The Balaban J connectivity index is 1.58. The first-order chi connectivity index (χ1) is 11.7. The maximum Gasteiger partial charge on any atom is 0.229 e. The van der Waals surface area contributed by atoms with E-state index in [9.17, 15) is 8.78 Å². The summed E-state index contributed by atoms with van der Waals surface area (Å²) in [4.78, 5) is 8.36. The van der Waals surface area contributed by atoms with Crippen LogP contribution < -0.4 is 10.6 Å². The van der Waals surface area contributed by atoms with Crippen LogP contribution in [0.3, 0.4) is 0 Å². The van der Waals surface area contributed by atoms with E-state index in [0.29, 0.717) is 5.82 Å². The van der Waals surface area contributed by atoms with Crippen molar-refractivity contribution in [2.45, 2.75) is 32.1 Å². The Morgan fingerprint density at radius 3 is 2.83 bits per heavy atom. The van der Waals surface area contributed by atoms with Gasteiger partial charge in [0.2, 0.25) is 5.95 Å². The van der Waals surface area contributed by atoms with Crippen molar-refractivity contribution in [3.8, 4) is 0 Å². The number of rotatable bonds is 6. The number of anilines is 3. The highest BCUT2D eigenvalue weighted by atomic mass is 19.1. The summed E-state index contributed by atoms with van der Waals surface area (Å²) in [6.07, 6.45) is 9.85. The van der Waals surface area contributed by atoms with Crippen LogP contribution in [0.5, 0.6) is 0 Å². The van der Waals surface area contributed by atoms with E-state index in [2.05, 4.69) is 26.7 Å². The van der Waals surface area contributed by atoms with Crippen molar-refractivity contribution < 1.29 is 8.78 Å². The SMILES string of the molecule is Fc1ccc(Nc2nccc(NCCC3=CCCCC3)n2)c(F)c1. The minimum Gasteiger partial charge on any atom is -0.370 e. The lowest BCUT2D eigenvalue weighted by Crippen LogP contribution is -2.07. The quantitative estimate of drug-likeness (QED) is 0.747. The molecule has 2 aromatic rings. The molecule has 0 amide bonds. The molecule has 2 N–H and O–H groups in total. The Hall–Kier alpha value is -2.50. The van der Waals surface area contributed by atoms with Gasteiger partial charge in [0.1, 0.15) is 17.5 Å². The maximum atomic E-state index is 13.7. The topological polar surface area (TPSA) is 49.8 Å². The molecule has 0 aliphatic heterocycles. The second kappa shape index (κ2) is 7.86. The lowest BCUT2D eigenvalue weighted by molar-refractivity contribution is 0.586. The van der Waals surface area contributed by atoms with Gasteiger partial charge in [-0.25, -0.2) is 13.8 Å². The molecular weight excluding hydrogens is 310 g/mol. The van der Waals surface area contributed by atoms with Gasteiger partial charge < -0.3 is 10.6 Å². The molecule has 0 unspecified atom stereocenters. The predicted octanol–water partition coefficient (Wildman–Crippen LogP) is 4.80. The number of allylic oxidation sites excluding steroid dienone is 1. The molecule has 4 nitrogen and oxygen atoms in total. The van der Waals surface area contributed by atoms with Gasteiger partial charge in [0, 0.05) is 18.8 Å². The van der Waals surface area contributed by atoms with E-state index in [4.69, 9.17) is 0 Å². The summed E-state index contributed by atoms with van der Waals surface area (Å²) in [5.41, 5.74) is 1.63. The number of nitrogens with zero attached hydrogens (tertiary/aromatic N) is 2. The van der Waals surface area contributed by atoms with Crippen LogP contribution in [0.2, 0.25) is 0 Å². The Kier molecular flexibility index (Phi) is 5.36. The van der Waals surface area contributed by atoms with Crippen LogP contribution in [0.15, 0.2) is 42.1 Å². The predicted molar refractivity (Wildman–Crippen MR) is 91.3 cm³/mol. The lowest BCUT2D eigenvalue weighted by Gasteiger charge is -2.13. The largest absolute Gasteiger partial charge is 0.370 e. The van der Waals surface area contributed by atoms with E-state index in [1.165, 1.54) is 43.4 Å². The van der Waals surface area contributed by atoms with Gasteiger partial charge in [-0.3, -0.25) is 0 Å². The van der Waals surface area contributed by atoms with Crippen LogP contribution >= 0.6 is 0 Å². The number of aromatic nitrogens is 2. The first-order valence-electron chi connectivity index (χ1n) is 8.17. The number of hydrogen-bond donors (Lipinski definition) is 2. The second-order valence-corrected chi connectivity index (χ2v) is 5.80. The van der Waals surface area contributed by atoms with Crippen LogP contribution in [0.1, 0.15) is 32.1 Å². The molecule has 126 valence electrons. The third-order valence-electron chi connectivity index (χ3n) is 3.97. The van der Waals surface area contributed by atoms with Crippen molar-refractivity contribution in [2.75, 3.05) is 17.2 Å². The summed E-state index contributed by atoms with van der Waals surface area (Å²) in [7, 11) is 0. The molecule has 0 fully saturated rings. The number of nitrogens with one attached hydrogen (secondary N) is 2. The first-order valence-corrected chi connectivity index (χ1v) is 8.17. The van der Waals surface area contributed by atoms with E-state index in [1.54, 1.807) is 12.3 Å². The third-order valence-corrected chi connectivity index (χ3v) is 3.97. The fourth-order valence-electron chi connectivity index (χ4n) is 2.71. The molecule has 0 bridgehead atoms. The molecule has 1 aliphatic rings. The molecule has 0 spiro atoms. The van der Waals surface area contributed by atoms with Gasteiger partial charge in [-0.2, -0.15) is 4.98 Å². The van der Waals surface area contributed by atoms with Crippen molar-refractivity contribution in [2.24, 2.45) is 0 Å². The van der Waals surface area contributed by atoms with E-state index in [0.717, 1.165) is 19.0 Å². The van der Waals surface area contributed by atoms with Crippen LogP contribution in [-0.2, 0) is 0 Å². The monoisotopic (exact) mass is 330 g/mol. The van der Waals surface area contributed by atoms with Crippen LogP contribution in [0.25, 0.3) is 0 Å². The highest BCUT2D eigenvalue weighted by Crippen LogP contribution is 2.21. The number of halogens is 2. The fourth-order valence-corrected chi connectivity index (χ4v) is 2.71. The standard InChI is InChI=1S/C18H20F2N4/c19-14-6-7-16(15(20)12-14)23-18-22-11-9-17(24-18)21-10-8-13-4-2-1-3-5-13/h4,6-7,9,11-12H,1-3,5,8,10H2,(H2,21,22,23,24). The smallest absolute Gasteiger partial charge is 0.229 e. The molecule has 3 rings (SSSR count). The normalized spacial score (nSPS) is 14.2. The van der Waals surface area contributed by atoms with E-state index < -0.39 is 11.6 Å². The number of benzene rings is 1. The van der Waals surface area contributed by atoms with Gasteiger partial charge in [-0.15, -0.1) is 0 Å². The summed E-state index contributed by atoms with van der Waals surface area (Å²) in [5.74, 6) is -0.360. The van der Waals surface area contributed by atoms with Gasteiger partial charge >= 0.3 is 0 Å². The van der Waals surface area contributed by atoms with Crippen molar-refractivity contribution in [1.29, 1.82) is 0 Å². The van der Waals surface area contributed by atoms with Crippen LogP contribution in [0.4, 0.5) is 26.2 Å². The summed E-state index contributed by atoms with van der Waals surface area (Å²) < 4.78 is 26.6. The lowest BCUT2D eigenvalue weighted by atomic mass is 9.97. The van der Waals surface area contributed by atoms with Gasteiger partial charge in [0.25, 0.3) is 0 Å². The second-order valence-electron chi connectivity index (χ2n) is 5.80. The van der Waals surface area contributed by atoms with Crippen molar-refractivity contribution in [3.63, 3.8) is 0 Å². The van der Waals surface area contributed by atoms with E-state index >= 15 is 0 Å². The highest BCUT2D eigenvalue weighted by Gasteiger charge is 2.07. The molecule has 0 saturated heterocycles. The van der Waals surface area contributed by atoms with Gasteiger partial charge in [-0.1, -0.05) is 11.6 Å². The highest BCUT2D eigenvalue weighted by molar-refractivity contribution is 5.55. The molecular formula is C18H20F2N4. The summed E-state index contributed by atoms with van der Waals surface area (Å²) in [6.45, 7) is 0.799. The molecule has 1 aromatic heterocycles. The summed E-state index contributed by atoms with van der Waals surface area (Å²) in [5, 5.41) is 6.02. The Bertz CT molecular complexity index is 731. The van der Waals surface area contributed by atoms with E-state index in [1.807, 2.05) is 0 Å². The molecule has 0 atom stereocenters. The fraction of sp³-hybridized carbons (Fsp3) is 0.333. The third kappa shape index (κ3) is 4.50. The Labute approximate surface area is 140 Å². The van der Waals surface area contributed by atoms with Crippen molar-refractivity contribution >= 4 is 17.5 Å². The molecule has 6 heteroatoms. The molecule has 1 aromatic carbocycles. The molecule has 1 heterocycles. The molecule has 0 saturated carbocycles. The van der Waals surface area contributed by atoms with Crippen LogP contribution in [-0.4, -0.2) is 16.5 Å². The zero-order valence-electron chi connectivity index (χ0n) is 13.4. The Morgan fingerprint density at radius 2 is 2.04 bits per heavy atom. The average Bonchev–Trinajstić information content (AvgIpc) is 2.59. The van der Waals surface area contributed by atoms with Crippen molar-refractivity contribution in [3.05, 3.63) is 53.7 Å². The molecule has 0 radical (unpaired) electrons. The zero-order chi connectivity index (χ0) is 16.8. The minimum absolute atomic E-state index is 0.140. The number of hydrogen-bond acceptors (Lipinski definition) is 4. The summed E-state index contributed by atoms with van der Waals surface area (Å²) in [6, 6.07) is 5.10. The zero-order valence-corrected chi connectivity index (χ0v) is 13.4. The summed E-state index contributed by atoms with van der Waals surface area (Å²) >= 11 is 0. The Morgan fingerprint density at radius 1 is 1.12 bits per heavy atom. The van der Waals surface area contributed by atoms with Gasteiger partial charge in [0.05, 0.1) is 5.69 Å². The van der Waals surface area contributed by atoms with Gasteiger partial charge in [-0.05, 0) is 50.3 Å². The minimum atomic E-state index is -0.679. The van der Waals surface area contributed by atoms with Gasteiger partial charge in [0.15, 0.2) is 0 Å². The average molecular weight is 330 g/mol. The molecule has 1 aliphatic carbocycles. The van der Waals surface area contributed by atoms with Crippen LogP contribution in [0, 0.1) is 11.6 Å².